The molecular formula is C11H20O4. The summed E-state index contributed by atoms with van der Waals surface area (Å²) in [5, 5.41) is 19.7. The lowest BCUT2D eigenvalue weighted by Gasteiger charge is -2.44. The fraction of sp³-hybridized carbons (Fsp3) is 0.909. The average Bonchev–Trinajstić information content (AvgIpc) is 2.18. The van der Waals surface area contributed by atoms with Crippen LogP contribution in [-0.4, -0.2) is 35.0 Å². The summed E-state index contributed by atoms with van der Waals surface area (Å²) in [5.41, 5.74) is -2.17. The van der Waals surface area contributed by atoms with Crippen LogP contribution in [0.1, 0.15) is 39.5 Å². The van der Waals surface area contributed by atoms with Gasteiger partial charge in [0.05, 0.1) is 11.0 Å². The van der Waals surface area contributed by atoms with Gasteiger partial charge in [0.25, 0.3) is 0 Å². The molecule has 1 heterocycles. The van der Waals surface area contributed by atoms with Gasteiger partial charge in [-0.15, -0.1) is 0 Å². The Balaban J connectivity index is 2.90. The van der Waals surface area contributed by atoms with Crippen molar-refractivity contribution in [3.63, 3.8) is 0 Å². The Hall–Kier alpha value is -0.610. The van der Waals surface area contributed by atoms with E-state index in [1.807, 2.05) is 6.92 Å². The molecule has 15 heavy (non-hydrogen) atoms. The predicted molar refractivity (Wildman–Crippen MR) is 55.7 cm³/mol. The number of carbonyl (C=O) groups is 1. The van der Waals surface area contributed by atoms with E-state index in [1.165, 1.54) is 0 Å². The zero-order chi connectivity index (χ0) is 11.5. The number of rotatable bonds is 4. The lowest BCUT2D eigenvalue weighted by molar-refractivity contribution is -0.182. The summed E-state index contributed by atoms with van der Waals surface area (Å²) in [6.45, 7) is 4.47. The summed E-state index contributed by atoms with van der Waals surface area (Å²) in [4.78, 5) is 11.3. The average molecular weight is 216 g/mol. The molecule has 4 heteroatoms. The van der Waals surface area contributed by atoms with Gasteiger partial charge in [-0.3, -0.25) is 4.79 Å². The van der Waals surface area contributed by atoms with Crippen LogP contribution in [0, 0.1) is 5.41 Å². The van der Waals surface area contributed by atoms with Gasteiger partial charge in [-0.1, -0.05) is 13.3 Å². The maximum absolute atomic E-state index is 11.3. The number of aliphatic carboxylic acids is 1. The van der Waals surface area contributed by atoms with E-state index < -0.39 is 17.0 Å². The van der Waals surface area contributed by atoms with Gasteiger partial charge in [0.15, 0.2) is 0 Å². The Labute approximate surface area is 90.2 Å². The largest absolute Gasteiger partial charge is 0.481 e. The molecule has 1 aliphatic rings. The summed E-state index contributed by atoms with van der Waals surface area (Å²) in [7, 11) is 0. The molecule has 0 bridgehead atoms. The monoisotopic (exact) mass is 216 g/mol. The Morgan fingerprint density at radius 3 is 2.40 bits per heavy atom. The molecule has 2 N–H and O–H groups in total. The molecule has 0 aromatic heterocycles. The molecule has 1 atom stereocenters. The first-order valence-corrected chi connectivity index (χ1v) is 5.50. The first-order valence-electron chi connectivity index (χ1n) is 5.50. The highest BCUT2D eigenvalue weighted by molar-refractivity contribution is 5.75. The molecule has 0 aliphatic carbocycles. The molecule has 4 nitrogen and oxygen atoms in total. The van der Waals surface area contributed by atoms with E-state index in [2.05, 4.69) is 0 Å². The minimum atomic E-state index is -1.12. The maximum Gasteiger partial charge on any atom is 0.312 e. The van der Waals surface area contributed by atoms with Crippen LogP contribution in [0.3, 0.4) is 0 Å². The van der Waals surface area contributed by atoms with Crippen molar-refractivity contribution in [1.82, 2.24) is 0 Å². The minimum Gasteiger partial charge on any atom is -0.481 e. The summed E-state index contributed by atoms with van der Waals surface area (Å²) in [6.07, 6.45) is 2.08. The van der Waals surface area contributed by atoms with E-state index in [-0.39, 0.29) is 0 Å². The zero-order valence-electron chi connectivity index (χ0n) is 9.45. The van der Waals surface area contributed by atoms with Crippen LogP contribution in [0.4, 0.5) is 0 Å². The van der Waals surface area contributed by atoms with Crippen LogP contribution < -0.4 is 0 Å². The van der Waals surface area contributed by atoms with E-state index in [0.717, 1.165) is 6.42 Å². The molecule has 1 aliphatic heterocycles. The van der Waals surface area contributed by atoms with E-state index in [9.17, 15) is 15.0 Å². The van der Waals surface area contributed by atoms with Crippen LogP contribution in [-0.2, 0) is 9.53 Å². The molecule has 0 spiro atoms. The number of hydrogen-bond donors (Lipinski definition) is 2. The third kappa shape index (κ3) is 2.16. The minimum absolute atomic E-state index is 0.413. The normalized spacial score (nSPS) is 24.5. The fourth-order valence-electron chi connectivity index (χ4n) is 2.30. The van der Waals surface area contributed by atoms with Gasteiger partial charge >= 0.3 is 5.97 Å². The fourth-order valence-corrected chi connectivity index (χ4v) is 2.30. The second kappa shape index (κ2) is 4.49. The third-order valence-electron chi connectivity index (χ3n) is 3.57. The van der Waals surface area contributed by atoms with Crippen LogP contribution in [0.5, 0.6) is 0 Å². The van der Waals surface area contributed by atoms with Crippen molar-refractivity contribution in [1.29, 1.82) is 0 Å². The molecule has 0 amide bonds. The number of aliphatic hydroxyl groups is 1. The lowest BCUT2D eigenvalue weighted by Crippen LogP contribution is -2.54. The first-order chi connectivity index (χ1) is 6.96. The van der Waals surface area contributed by atoms with E-state index in [1.54, 1.807) is 6.92 Å². The molecule has 0 aromatic rings. The van der Waals surface area contributed by atoms with Crippen molar-refractivity contribution < 1.29 is 19.7 Å². The lowest BCUT2D eigenvalue weighted by atomic mass is 9.67. The second-order valence-corrected chi connectivity index (χ2v) is 4.53. The quantitative estimate of drug-likeness (QED) is 0.745. The van der Waals surface area contributed by atoms with Gasteiger partial charge in [-0.05, 0) is 13.3 Å². The van der Waals surface area contributed by atoms with Crippen LogP contribution in [0.2, 0.25) is 0 Å². The van der Waals surface area contributed by atoms with Gasteiger partial charge in [0, 0.05) is 26.1 Å². The van der Waals surface area contributed by atoms with Crippen molar-refractivity contribution >= 4 is 5.97 Å². The maximum atomic E-state index is 11.3. The highest BCUT2D eigenvalue weighted by atomic mass is 16.5. The SMILES string of the molecule is CCCC(C)(C(=O)O)C1(O)CCOCC1. The Morgan fingerprint density at radius 1 is 1.47 bits per heavy atom. The molecular weight excluding hydrogens is 196 g/mol. The standard InChI is InChI=1S/C11H20O4/c1-3-4-10(2,9(12)13)11(14)5-7-15-8-6-11/h14H,3-8H2,1-2H3,(H,12,13). The van der Waals surface area contributed by atoms with E-state index >= 15 is 0 Å². The highest BCUT2D eigenvalue weighted by Gasteiger charge is 2.52. The molecule has 1 rings (SSSR count). The van der Waals surface area contributed by atoms with Gasteiger partial charge in [0.2, 0.25) is 0 Å². The van der Waals surface area contributed by atoms with Gasteiger partial charge in [-0.2, -0.15) is 0 Å². The molecule has 0 aromatic carbocycles. The highest BCUT2D eigenvalue weighted by Crippen LogP contribution is 2.42. The van der Waals surface area contributed by atoms with Crippen molar-refractivity contribution in [3.05, 3.63) is 0 Å². The number of hydrogen-bond acceptors (Lipinski definition) is 3. The van der Waals surface area contributed by atoms with Crippen LogP contribution in [0.15, 0.2) is 0 Å². The van der Waals surface area contributed by atoms with Crippen molar-refractivity contribution in [2.24, 2.45) is 5.41 Å². The van der Waals surface area contributed by atoms with Crippen molar-refractivity contribution in [2.75, 3.05) is 13.2 Å². The zero-order valence-corrected chi connectivity index (χ0v) is 9.45. The summed E-state index contributed by atoms with van der Waals surface area (Å²) in [6, 6.07) is 0. The molecule has 1 saturated heterocycles. The molecule has 1 fully saturated rings. The number of carboxylic acids is 1. The molecule has 0 saturated carbocycles. The molecule has 88 valence electrons. The van der Waals surface area contributed by atoms with E-state index in [0.29, 0.717) is 32.5 Å². The van der Waals surface area contributed by atoms with Gasteiger partial charge in [-0.25, -0.2) is 0 Å². The topological polar surface area (TPSA) is 66.8 Å². The Morgan fingerprint density at radius 2 is 2.00 bits per heavy atom. The van der Waals surface area contributed by atoms with Crippen molar-refractivity contribution in [3.8, 4) is 0 Å². The summed E-state index contributed by atoms with van der Waals surface area (Å²) >= 11 is 0. The molecule has 0 radical (unpaired) electrons. The summed E-state index contributed by atoms with van der Waals surface area (Å²) < 4.78 is 5.17. The number of ether oxygens (including phenoxy) is 1. The smallest absolute Gasteiger partial charge is 0.312 e. The first kappa shape index (κ1) is 12.5. The van der Waals surface area contributed by atoms with Gasteiger partial charge in [0.1, 0.15) is 0 Å². The predicted octanol–water partition coefficient (Wildman–Crippen LogP) is 1.42. The Bertz CT molecular complexity index is 233. The number of carboxylic acid groups (broad SMARTS) is 1. The van der Waals surface area contributed by atoms with Crippen LogP contribution >= 0.6 is 0 Å². The van der Waals surface area contributed by atoms with Crippen LogP contribution in [0.25, 0.3) is 0 Å². The second-order valence-electron chi connectivity index (χ2n) is 4.53. The molecule has 1 unspecified atom stereocenters. The van der Waals surface area contributed by atoms with E-state index in [4.69, 9.17) is 4.74 Å². The third-order valence-corrected chi connectivity index (χ3v) is 3.57. The van der Waals surface area contributed by atoms with Crippen molar-refractivity contribution in [2.45, 2.75) is 45.1 Å². The van der Waals surface area contributed by atoms with Gasteiger partial charge < -0.3 is 14.9 Å². The Kier molecular flexibility index (Phi) is 3.73. The summed E-state index contributed by atoms with van der Waals surface area (Å²) in [5.74, 6) is -0.909.